The quantitative estimate of drug-likeness (QED) is 0.163. The molecule has 8 nitrogen and oxygen atoms in total. The van der Waals surface area contributed by atoms with Gasteiger partial charge >= 0.3 is 0 Å². The summed E-state index contributed by atoms with van der Waals surface area (Å²) >= 11 is 0. The molecular formula is C47H30N8. The monoisotopic (exact) mass is 706 g/mol. The maximum atomic E-state index is 9.40. The van der Waals surface area contributed by atoms with Gasteiger partial charge < -0.3 is 4.90 Å². The van der Waals surface area contributed by atoms with E-state index in [2.05, 4.69) is 113 Å². The highest BCUT2D eigenvalue weighted by molar-refractivity contribution is 6.04. The Morgan fingerprint density at radius 2 is 1.05 bits per heavy atom. The standard InChI is InChI=1S/C47H30N8/c1-55-28-40(25-38-21-15-33-5-3-23-50-43(33)44(38)55)31-12-18-36(19-13-31)47-53-45(34-8-6-29(26-48)7-9-34)52-46(54-47)35-16-10-30(11-17-35)39-24-37-20-14-32-4-2-22-49-41(32)42(37)51-27-39/h2-25,27H,28H2,1H3. The topological polar surface area (TPSA) is 104 Å². The highest BCUT2D eigenvalue weighted by atomic mass is 15.1. The van der Waals surface area contributed by atoms with Crippen LogP contribution in [0.25, 0.3) is 89.6 Å². The average molecular weight is 707 g/mol. The molecule has 0 aliphatic carbocycles. The number of nitrogens with zero attached hydrogens (tertiary/aromatic N) is 8. The van der Waals surface area contributed by atoms with E-state index in [1.807, 2.05) is 48.8 Å². The summed E-state index contributed by atoms with van der Waals surface area (Å²) in [4.78, 5) is 31.2. The summed E-state index contributed by atoms with van der Waals surface area (Å²) in [6.45, 7) is 0.764. The van der Waals surface area contributed by atoms with Crippen molar-refractivity contribution in [1.82, 2.24) is 29.9 Å². The first-order chi connectivity index (χ1) is 27.1. The van der Waals surface area contributed by atoms with Crippen LogP contribution in [0, 0.1) is 11.3 Å². The van der Waals surface area contributed by atoms with Crippen LogP contribution < -0.4 is 4.90 Å². The number of fused-ring (bicyclic) bond motifs is 6. The highest BCUT2D eigenvalue weighted by Crippen LogP contribution is 2.37. The number of likely N-dealkylation sites (N-methyl/N-ethyl adjacent to an activating group) is 1. The first-order valence-electron chi connectivity index (χ1n) is 18.0. The molecule has 1 aliphatic heterocycles. The molecule has 258 valence electrons. The van der Waals surface area contributed by atoms with Gasteiger partial charge in [0.25, 0.3) is 0 Å². The van der Waals surface area contributed by atoms with Crippen molar-refractivity contribution in [3.05, 3.63) is 163 Å². The third-order valence-corrected chi connectivity index (χ3v) is 10.2. The molecule has 9 aromatic rings. The third kappa shape index (κ3) is 5.81. The van der Waals surface area contributed by atoms with Gasteiger partial charge in [-0.25, -0.2) is 15.0 Å². The molecule has 5 heterocycles. The molecule has 4 aromatic heterocycles. The Kier molecular flexibility index (Phi) is 7.63. The van der Waals surface area contributed by atoms with Crippen LogP contribution in [0.1, 0.15) is 16.7 Å². The van der Waals surface area contributed by atoms with Crippen LogP contribution in [0.4, 0.5) is 5.69 Å². The summed E-state index contributed by atoms with van der Waals surface area (Å²) in [5, 5.41) is 12.6. The van der Waals surface area contributed by atoms with Gasteiger partial charge in [-0.15, -0.1) is 0 Å². The Hall–Kier alpha value is -7.63. The summed E-state index contributed by atoms with van der Waals surface area (Å²) < 4.78 is 0. The highest BCUT2D eigenvalue weighted by Gasteiger charge is 2.20. The number of nitriles is 1. The smallest absolute Gasteiger partial charge is 0.164 e. The zero-order chi connectivity index (χ0) is 36.9. The number of pyridine rings is 3. The number of aromatic nitrogens is 6. The lowest BCUT2D eigenvalue weighted by Crippen LogP contribution is -2.24. The van der Waals surface area contributed by atoms with Gasteiger partial charge in [0, 0.05) is 76.2 Å². The number of hydrogen-bond acceptors (Lipinski definition) is 8. The normalized spacial score (nSPS) is 12.4. The summed E-state index contributed by atoms with van der Waals surface area (Å²) in [5.74, 6) is 1.66. The van der Waals surface area contributed by atoms with E-state index in [1.165, 1.54) is 5.57 Å². The Balaban J connectivity index is 0.997. The van der Waals surface area contributed by atoms with Crippen molar-refractivity contribution in [1.29, 1.82) is 5.26 Å². The van der Waals surface area contributed by atoms with Gasteiger partial charge in [-0.1, -0.05) is 84.9 Å². The molecule has 0 spiro atoms. The van der Waals surface area contributed by atoms with Crippen LogP contribution in [-0.4, -0.2) is 43.5 Å². The minimum Gasteiger partial charge on any atom is -0.368 e. The van der Waals surface area contributed by atoms with Gasteiger partial charge in [0.05, 0.1) is 33.9 Å². The number of hydrogen-bond donors (Lipinski definition) is 0. The number of rotatable bonds is 5. The van der Waals surface area contributed by atoms with Crippen molar-refractivity contribution in [3.63, 3.8) is 0 Å². The molecule has 5 aromatic carbocycles. The molecule has 0 N–H and O–H groups in total. The molecule has 8 heteroatoms. The fraction of sp³-hybridized carbons (Fsp3) is 0.0426. The molecule has 0 unspecified atom stereocenters. The first-order valence-corrected chi connectivity index (χ1v) is 18.0. The fourth-order valence-corrected chi connectivity index (χ4v) is 7.40. The van der Waals surface area contributed by atoms with Gasteiger partial charge in [0.2, 0.25) is 0 Å². The number of anilines is 1. The van der Waals surface area contributed by atoms with Crippen molar-refractivity contribution in [3.8, 4) is 51.4 Å². The van der Waals surface area contributed by atoms with E-state index < -0.39 is 0 Å². The zero-order valence-corrected chi connectivity index (χ0v) is 29.7. The van der Waals surface area contributed by atoms with Crippen LogP contribution in [0.15, 0.2) is 146 Å². The maximum Gasteiger partial charge on any atom is 0.164 e. The Bertz CT molecular complexity index is 3020. The maximum absolute atomic E-state index is 9.40. The van der Waals surface area contributed by atoms with E-state index in [1.54, 1.807) is 18.3 Å². The molecule has 1 aliphatic rings. The predicted octanol–water partition coefficient (Wildman–Crippen LogP) is 10.0. The van der Waals surface area contributed by atoms with Crippen LogP contribution in [0.5, 0.6) is 0 Å². The second-order valence-corrected chi connectivity index (χ2v) is 13.7. The van der Waals surface area contributed by atoms with Gasteiger partial charge in [-0.3, -0.25) is 15.0 Å². The summed E-state index contributed by atoms with van der Waals surface area (Å²) in [6.07, 6.45) is 7.82. The van der Waals surface area contributed by atoms with Gasteiger partial charge in [0.1, 0.15) is 0 Å². The molecule has 0 amide bonds. The molecule has 0 saturated carbocycles. The largest absolute Gasteiger partial charge is 0.368 e. The van der Waals surface area contributed by atoms with Gasteiger partial charge in [0.15, 0.2) is 17.5 Å². The first kappa shape index (κ1) is 32.1. The molecule has 0 radical (unpaired) electrons. The van der Waals surface area contributed by atoms with Crippen molar-refractivity contribution in [2.24, 2.45) is 0 Å². The lowest BCUT2D eigenvalue weighted by atomic mass is 9.95. The van der Waals surface area contributed by atoms with Gasteiger partial charge in [-0.2, -0.15) is 5.26 Å². The molecular weight excluding hydrogens is 677 g/mol. The SMILES string of the molecule is CN1CC(c2ccc(-c3nc(-c4ccc(C#N)cc4)nc(-c4ccc(-c5cnc6c(ccc7cccnc76)c5)cc4)n3)cc2)=Cc2ccc3cccnc3c21. The predicted molar refractivity (Wildman–Crippen MR) is 220 cm³/mol. The number of benzene rings is 5. The summed E-state index contributed by atoms with van der Waals surface area (Å²) in [7, 11) is 2.12. The minimum absolute atomic E-state index is 0.534. The lowest BCUT2D eigenvalue weighted by Gasteiger charge is -2.29. The minimum atomic E-state index is 0.534. The Morgan fingerprint density at radius 1 is 0.527 bits per heavy atom. The van der Waals surface area contributed by atoms with E-state index >= 15 is 0 Å². The Morgan fingerprint density at radius 3 is 1.71 bits per heavy atom. The Labute approximate surface area is 316 Å². The van der Waals surface area contributed by atoms with E-state index in [-0.39, 0.29) is 0 Å². The summed E-state index contributed by atoms with van der Waals surface area (Å²) in [5.41, 5.74) is 12.6. The van der Waals surface area contributed by atoms with Crippen LogP contribution in [0.2, 0.25) is 0 Å². The van der Waals surface area contributed by atoms with E-state index in [9.17, 15) is 5.26 Å². The van der Waals surface area contributed by atoms with Crippen LogP contribution >= 0.6 is 0 Å². The van der Waals surface area contributed by atoms with Crippen molar-refractivity contribution in [2.45, 2.75) is 0 Å². The van der Waals surface area contributed by atoms with E-state index in [4.69, 9.17) is 19.9 Å². The van der Waals surface area contributed by atoms with Crippen molar-refractivity contribution in [2.75, 3.05) is 18.5 Å². The summed E-state index contributed by atoms with van der Waals surface area (Å²) in [6, 6.07) is 44.9. The van der Waals surface area contributed by atoms with Crippen molar-refractivity contribution < 1.29 is 0 Å². The molecule has 0 bridgehead atoms. The average Bonchev–Trinajstić information content (AvgIpc) is 3.26. The zero-order valence-electron chi connectivity index (χ0n) is 29.7. The lowest BCUT2D eigenvalue weighted by molar-refractivity contribution is 1.03. The second kappa shape index (κ2) is 13.1. The third-order valence-electron chi connectivity index (χ3n) is 10.2. The molecule has 10 rings (SSSR count). The van der Waals surface area contributed by atoms with Crippen LogP contribution in [-0.2, 0) is 0 Å². The van der Waals surface area contributed by atoms with E-state index in [0.717, 1.165) is 83.9 Å². The van der Waals surface area contributed by atoms with Gasteiger partial charge in [-0.05, 0) is 65.2 Å². The molecule has 55 heavy (non-hydrogen) atoms. The van der Waals surface area contributed by atoms with E-state index in [0.29, 0.717) is 23.0 Å². The second-order valence-electron chi connectivity index (χ2n) is 13.7. The molecule has 0 fully saturated rings. The molecule has 0 atom stereocenters. The molecule has 0 saturated heterocycles. The van der Waals surface area contributed by atoms with Crippen molar-refractivity contribution >= 4 is 50.0 Å². The van der Waals surface area contributed by atoms with Crippen LogP contribution in [0.3, 0.4) is 0 Å². The fourth-order valence-electron chi connectivity index (χ4n) is 7.40.